The molecule has 1 aromatic carbocycles. The van der Waals surface area contributed by atoms with Gasteiger partial charge in [-0.1, -0.05) is 12.1 Å². The van der Waals surface area contributed by atoms with Crippen molar-refractivity contribution in [3.05, 3.63) is 29.8 Å². The van der Waals surface area contributed by atoms with E-state index in [0.29, 0.717) is 13.1 Å². The van der Waals surface area contributed by atoms with Crippen LogP contribution in [0.3, 0.4) is 0 Å². The highest BCUT2D eigenvalue weighted by atomic mass is 32.2. The fourth-order valence-electron chi connectivity index (χ4n) is 2.43. The fourth-order valence-corrected chi connectivity index (χ4v) is 3.09. The van der Waals surface area contributed by atoms with Crippen molar-refractivity contribution < 1.29 is 23.1 Å². The normalized spacial score (nSPS) is 19.6. The molecule has 0 bridgehead atoms. The third-order valence-corrected chi connectivity index (χ3v) is 4.21. The molecule has 1 atom stereocenters. The number of halogens is 3. The van der Waals surface area contributed by atoms with Crippen LogP contribution in [-0.2, 0) is 0 Å². The summed E-state index contributed by atoms with van der Waals surface area (Å²) in [7, 11) is 0. The van der Waals surface area contributed by atoms with Gasteiger partial charge in [0.1, 0.15) is 0 Å². The van der Waals surface area contributed by atoms with E-state index in [1.807, 2.05) is 0 Å². The average molecular weight is 319 g/mol. The van der Waals surface area contributed by atoms with E-state index in [9.17, 15) is 23.1 Å². The van der Waals surface area contributed by atoms with Crippen LogP contribution in [0.4, 0.5) is 13.2 Å². The Morgan fingerprint density at radius 1 is 1.38 bits per heavy atom. The minimum Gasteiger partial charge on any atom is -0.396 e. The fraction of sp³-hybridized carbons (Fsp3) is 0.500. The van der Waals surface area contributed by atoms with Crippen molar-refractivity contribution in [3.8, 4) is 0 Å². The Morgan fingerprint density at radius 2 is 2.10 bits per heavy atom. The first kappa shape index (κ1) is 16.2. The zero-order chi connectivity index (χ0) is 15.5. The summed E-state index contributed by atoms with van der Waals surface area (Å²) < 4.78 is 37.6. The van der Waals surface area contributed by atoms with Crippen LogP contribution in [0.25, 0.3) is 0 Å². The molecule has 1 saturated heterocycles. The van der Waals surface area contributed by atoms with Crippen molar-refractivity contribution >= 4 is 17.7 Å². The Hall–Kier alpha value is -1.21. The highest BCUT2D eigenvalue weighted by molar-refractivity contribution is 8.00. The van der Waals surface area contributed by atoms with Crippen molar-refractivity contribution in [1.29, 1.82) is 0 Å². The van der Waals surface area contributed by atoms with Gasteiger partial charge in [-0.15, -0.1) is 0 Å². The number of aliphatic hydroxyl groups is 1. The van der Waals surface area contributed by atoms with Crippen molar-refractivity contribution in [2.75, 3.05) is 19.7 Å². The lowest BCUT2D eigenvalue weighted by atomic mass is 9.98. The van der Waals surface area contributed by atoms with Gasteiger partial charge in [0.25, 0.3) is 5.91 Å². The van der Waals surface area contributed by atoms with Gasteiger partial charge in [-0.25, -0.2) is 0 Å². The summed E-state index contributed by atoms with van der Waals surface area (Å²) in [5.41, 5.74) is -4.36. The predicted molar refractivity (Wildman–Crippen MR) is 74.1 cm³/mol. The third kappa shape index (κ3) is 4.38. The summed E-state index contributed by atoms with van der Waals surface area (Å²) in [5.74, 6) is -0.398. The first-order chi connectivity index (χ1) is 9.90. The van der Waals surface area contributed by atoms with Gasteiger partial charge in [0.2, 0.25) is 0 Å². The van der Waals surface area contributed by atoms with Crippen molar-refractivity contribution in [2.45, 2.75) is 23.2 Å². The van der Waals surface area contributed by atoms with E-state index in [0.717, 1.165) is 12.8 Å². The summed E-state index contributed by atoms with van der Waals surface area (Å²) in [6, 6.07) is 5.76. The smallest absolute Gasteiger partial charge is 0.396 e. The van der Waals surface area contributed by atoms with Crippen LogP contribution in [0.5, 0.6) is 0 Å². The topological polar surface area (TPSA) is 40.5 Å². The number of likely N-dealkylation sites (tertiary alicyclic amines) is 1. The molecule has 1 aromatic rings. The maximum atomic E-state index is 12.5. The molecule has 1 unspecified atom stereocenters. The van der Waals surface area contributed by atoms with E-state index in [-0.39, 0.29) is 34.7 Å². The Labute approximate surface area is 125 Å². The lowest BCUT2D eigenvalue weighted by molar-refractivity contribution is -0.0328. The largest absolute Gasteiger partial charge is 0.446 e. The van der Waals surface area contributed by atoms with E-state index in [1.165, 1.54) is 23.1 Å². The van der Waals surface area contributed by atoms with Gasteiger partial charge in [0, 0.05) is 24.6 Å². The molecule has 116 valence electrons. The second-order valence-corrected chi connectivity index (χ2v) is 6.09. The summed E-state index contributed by atoms with van der Waals surface area (Å²) >= 11 is -0.271. The summed E-state index contributed by atoms with van der Waals surface area (Å²) in [5, 5.41) is 9.18. The zero-order valence-electron chi connectivity index (χ0n) is 11.3. The second-order valence-electron chi connectivity index (χ2n) is 4.99. The predicted octanol–water partition coefficient (Wildman–Crippen LogP) is 3.14. The summed E-state index contributed by atoms with van der Waals surface area (Å²) in [6.07, 6.45) is 1.59. The van der Waals surface area contributed by atoms with Crippen molar-refractivity contribution in [2.24, 2.45) is 5.92 Å². The second kappa shape index (κ2) is 6.70. The Balaban J connectivity index is 2.19. The molecule has 0 radical (unpaired) electrons. The van der Waals surface area contributed by atoms with Gasteiger partial charge in [-0.05, 0) is 42.7 Å². The Kier molecular flexibility index (Phi) is 5.16. The van der Waals surface area contributed by atoms with E-state index in [4.69, 9.17) is 0 Å². The molecule has 0 aliphatic carbocycles. The number of hydrogen-bond acceptors (Lipinski definition) is 3. The molecule has 1 N–H and O–H groups in total. The van der Waals surface area contributed by atoms with E-state index < -0.39 is 11.4 Å². The van der Waals surface area contributed by atoms with E-state index >= 15 is 0 Å². The summed E-state index contributed by atoms with van der Waals surface area (Å²) in [6.45, 7) is 0.892. The number of alkyl halides is 3. The molecule has 3 nitrogen and oxygen atoms in total. The number of amides is 1. The van der Waals surface area contributed by atoms with Gasteiger partial charge in [-0.2, -0.15) is 13.2 Å². The number of carbonyl (C=O) groups excluding carboxylic acids is 1. The molecule has 1 aliphatic heterocycles. The average Bonchev–Trinajstić information content (AvgIpc) is 2.45. The van der Waals surface area contributed by atoms with Gasteiger partial charge in [0.15, 0.2) is 0 Å². The van der Waals surface area contributed by atoms with Gasteiger partial charge in [-0.3, -0.25) is 4.79 Å². The molecule has 1 heterocycles. The number of nitrogens with zero attached hydrogens (tertiary/aromatic N) is 1. The quantitative estimate of drug-likeness (QED) is 0.870. The highest BCUT2D eigenvalue weighted by Crippen LogP contribution is 2.38. The van der Waals surface area contributed by atoms with Crippen LogP contribution in [0.2, 0.25) is 0 Å². The molecule has 0 aromatic heterocycles. The number of piperidine rings is 1. The number of hydrogen-bond donors (Lipinski definition) is 1. The number of thioether (sulfide) groups is 1. The molecule has 1 amide bonds. The maximum Gasteiger partial charge on any atom is 0.446 e. The van der Waals surface area contributed by atoms with Gasteiger partial charge >= 0.3 is 5.51 Å². The SMILES string of the molecule is O=C(c1ccccc1SC(F)(F)F)N1CCCC(CO)C1. The number of rotatable bonds is 3. The molecule has 1 aliphatic rings. The lowest BCUT2D eigenvalue weighted by Gasteiger charge is -2.32. The molecule has 0 saturated carbocycles. The molecule has 2 rings (SSSR count). The van der Waals surface area contributed by atoms with Crippen LogP contribution < -0.4 is 0 Å². The number of benzene rings is 1. The zero-order valence-corrected chi connectivity index (χ0v) is 12.1. The van der Waals surface area contributed by atoms with Gasteiger partial charge < -0.3 is 10.0 Å². The van der Waals surface area contributed by atoms with Crippen LogP contribution in [0, 0.1) is 5.92 Å². The third-order valence-electron chi connectivity index (χ3n) is 3.41. The van der Waals surface area contributed by atoms with Crippen molar-refractivity contribution in [3.63, 3.8) is 0 Å². The molecule has 21 heavy (non-hydrogen) atoms. The van der Waals surface area contributed by atoms with Crippen LogP contribution in [0.1, 0.15) is 23.2 Å². The van der Waals surface area contributed by atoms with E-state index in [1.54, 1.807) is 6.07 Å². The monoisotopic (exact) mass is 319 g/mol. The minimum absolute atomic E-state index is 0.00475. The van der Waals surface area contributed by atoms with Gasteiger partial charge in [0.05, 0.1) is 5.56 Å². The summed E-state index contributed by atoms with van der Waals surface area (Å²) in [4.78, 5) is 13.9. The van der Waals surface area contributed by atoms with Crippen LogP contribution >= 0.6 is 11.8 Å². The lowest BCUT2D eigenvalue weighted by Crippen LogP contribution is -2.41. The minimum atomic E-state index is -4.42. The Bertz CT molecular complexity index is 507. The van der Waals surface area contributed by atoms with Crippen molar-refractivity contribution in [1.82, 2.24) is 4.90 Å². The standard InChI is InChI=1S/C14H16F3NO2S/c15-14(16,17)21-12-6-2-1-5-11(12)13(20)18-7-3-4-10(8-18)9-19/h1-2,5-6,10,19H,3-4,7-9H2. The molecule has 1 fully saturated rings. The molecule has 0 spiro atoms. The molecular formula is C14H16F3NO2S. The first-order valence-electron chi connectivity index (χ1n) is 6.65. The first-order valence-corrected chi connectivity index (χ1v) is 7.47. The van der Waals surface area contributed by atoms with Crippen LogP contribution in [0.15, 0.2) is 29.2 Å². The highest BCUT2D eigenvalue weighted by Gasteiger charge is 2.32. The number of aliphatic hydroxyl groups excluding tert-OH is 1. The number of carbonyl (C=O) groups is 1. The van der Waals surface area contributed by atoms with E-state index in [2.05, 4.69) is 0 Å². The Morgan fingerprint density at radius 3 is 2.76 bits per heavy atom. The van der Waals surface area contributed by atoms with Crippen LogP contribution in [-0.4, -0.2) is 41.1 Å². The molecular weight excluding hydrogens is 303 g/mol. The molecule has 7 heteroatoms. The maximum absolute atomic E-state index is 12.5.